The maximum absolute atomic E-state index is 12.8. The molecule has 0 saturated carbocycles. The molecule has 1 saturated heterocycles. The fourth-order valence-corrected chi connectivity index (χ4v) is 6.22. The van der Waals surface area contributed by atoms with E-state index in [2.05, 4.69) is 73.4 Å². The fraction of sp³-hybridized carbons (Fsp3) is 0.231. The molecular formula is C26H26N2OS3. The number of hydrogen-bond acceptors (Lipinski definition) is 5. The van der Waals surface area contributed by atoms with Gasteiger partial charge in [0.1, 0.15) is 4.32 Å². The van der Waals surface area contributed by atoms with E-state index in [1.54, 1.807) is 16.7 Å². The molecule has 1 fully saturated rings. The van der Waals surface area contributed by atoms with Crippen molar-refractivity contribution in [1.29, 1.82) is 0 Å². The molecule has 0 unspecified atom stereocenters. The summed E-state index contributed by atoms with van der Waals surface area (Å²) in [6, 6.07) is 21.0. The van der Waals surface area contributed by atoms with Crippen molar-refractivity contribution in [3.8, 4) is 0 Å². The molecule has 1 amide bonds. The number of amides is 1. The number of unbranched alkanes of at least 4 members (excludes halogenated alkanes) is 1. The van der Waals surface area contributed by atoms with Crippen LogP contribution in [0.15, 0.2) is 82.7 Å². The number of rotatable bonds is 7. The largest absolute Gasteiger partial charge is 0.335 e. The number of allylic oxidation sites excluding steroid dienone is 2. The van der Waals surface area contributed by atoms with Crippen LogP contribution in [-0.4, -0.2) is 33.1 Å². The number of thioether (sulfide) groups is 2. The Morgan fingerprint density at radius 1 is 0.875 bits per heavy atom. The summed E-state index contributed by atoms with van der Waals surface area (Å²) in [4.78, 5) is 18.8. The molecule has 6 heteroatoms. The van der Waals surface area contributed by atoms with Gasteiger partial charge in [0.25, 0.3) is 5.91 Å². The lowest BCUT2D eigenvalue weighted by Gasteiger charge is -2.21. The molecule has 4 rings (SSSR count). The Morgan fingerprint density at radius 3 is 2.16 bits per heavy atom. The number of carbonyl (C=O) groups is 1. The van der Waals surface area contributed by atoms with Crippen molar-refractivity contribution >= 4 is 56.6 Å². The molecule has 164 valence electrons. The number of hydrogen-bond donors (Lipinski definition) is 0. The zero-order valence-corrected chi connectivity index (χ0v) is 20.7. The maximum Gasteiger partial charge on any atom is 0.266 e. The van der Waals surface area contributed by atoms with Gasteiger partial charge in [0.15, 0.2) is 0 Å². The van der Waals surface area contributed by atoms with Crippen molar-refractivity contribution in [1.82, 2.24) is 9.80 Å². The molecule has 0 bridgehead atoms. The van der Waals surface area contributed by atoms with Gasteiger partial charge in [-0.05, 0) is 36.6 Å². The Bertz CT molecular complexity index is 1090. The second-order valence-electron chi connectivity index (χ2n) is 7.47. The lowest BCUT2D eigenvalue weighted by atomic mass is 10.1. The third kappa shape index (κ3) is 4.72. The van der Waals surface area contributed by atoms with E-state index in [1.807, 2.05) is 18.2 Å². The molecule has 2 aliphatic rings. The van der Waals surface area contributed by atoms with Crippen molar-refractivity contribution in [2.75, 3.05) is 13.1 Å². The first-order valence-corrected chi connectivity index (χ1v) is 12.9. The minimum atomic E-state index is 0.0240. The average molecular weight is 479 g/mol. The van der Waals surface area contributed by atoms with Crippen LogP contribution in [0.3, 0.4) is 0 Å². The van der Waals surface area contributed by atoms with Crippen LogP contribution in [0, 0.1) is 0 Å². The van der Waals surface area contributed by atoms with Gasteiger partial charge in [-0.1, -0.05) is 110 Å². The molecule has 0 aliphatic carbocycles. The van der Waals surface area contributed by atoms with Crippen LogP contribution in [0.2, 0.25) is 0 Å². The van der Waals surface area contributed by atoms with Gasteiger partial charge in [0.05, 0.1) is 15.6 Å². The fourth-order valence-electron chi connectivity index (χ4n) is 3.72. The van der Waals surface area contributed by atoms with Crippen molar-refractivity contribution in [3.63, 3.8) is 0 Å². The standard InChI is InChI=1S/C26H26N2OS3/c1-3-5-18-28-25(29)21(31-26(28)30)16-17-22-27(4-2)23(19-12-8-6-9-13-19)24(32-22)20-14-10-7-11-15-20/h6-17H,3-5,18H2,1-2H3. The Morgan fingerprint density at radius 2 is 1.53 bits per heavy atom. The first-order valence-electron chi connectivity index (χ1n) is 10.9. The van der Waals surface area contributed by atoms with Crippen LogP contribution in [0.5, 0.6) is 0 Å². The van der Waals surface area contributed by atoms with Gasteiger partial charge in [-0.2, -0.15) is 0 Å². The number of benzene rings is 2. The maximum atomic E-state index is 12.8. The third-order valence-corrected chi connectivity index (χ3v) is 7.94. The second kappa shape index (κ2) is 10.6. The number of nitrogens with zero attached hydrogens (tertiary/aromatic N) is 2. The van der Waals surface area contributed by atoms with Crippen LogP contribution < -0.4 is 0 Å². The molecular weight excluding hydrogens is 453 g/mol. The summed E-state index contributed by atoms with van der Waals surface area (Å²) < 4.78 is 0.660. The second-order valence-corrected chi connectivity index (χ2v) is 10.2. The molecule has 2 aromatic carbocycles. The lowest BCUT2D eigenvalue weighted by Crippen LogP contribution is -2.28. The highest BCUT2D eigenvalue weighted by Gasteiger charge is 2.32. The molecule has 2 aromatic rings. The van der Waals surface area contributed by atoms with Gasteiger partial charge in [-0.15, -0.1) is 0 Å². The van der Waals surface area contributed by atoms with Gasteiger partial charge in [0, 0.05) is 18.0 Å². The first-order chi connectivity index (χ1) is 15.6. The molecule has 0 N–H and O–H groups in total. The topological polar surface area (TPSA) is 23.6 Å². The normalized spacial score (nSPS) is 19.2. The first kappa shape index (κ1) is 22.9. The summed E-state index contributed by atoms with van der Waals surface area (Å²) in [6.45, 7) is 5.82. The Balaban J connectivity index is 1.68. The molecule has 2 heterocycles. The molecule has 2 aliphatic heterocycles. The Hall–Kier alpha value is -2.28. The average Bonchev–Trinajstić information content (AvgIpc) is 3.33. The summed E-state index contributed by atoms with van der Waals surface area (Å²) >= 11 is 8.61. The van der Waals surface area contributed by atoms with Crippen molar-refractivity contribution in [2.24, 2.45) is 0 Å². The smallest absolute Gasteiger partial charge is 0.266 e. The third-order valence-electron chi connectivity index (χ3n) is 5.34. The van der Waals surface area contributed by atoms with Gasteiger partial charge >= 0.3 is 0 Å². The predicted molar refractivity (Wildman–Crippen MR) is 143 cm³/mol. The summed E-state index contributed by atoms with van der Waals surface area (Å²) in [6.07, 6.45) is 6.01. The minimum Gasteiger partial charge on any atom is -0.335 e. The van der Waals surface area contributed by atoms with Gasteiger partial charge in [-0.3, -0.25) is 9.69 Å². The zero-order chi connectivity index (χ0) is 22.5. The molecule has 0 radical (unpaired) electrons. The molecule has 0 spiro atoms. The van der Waals surface area contributed by atoms with Gasteiger partial charge in [-0.25, -0.2) is 0 Å². The zero-order valence-electron chi connectivity index (χ0n) is 18.3. The van der Waals surface area contributed by atoms with E-state index in [0.717, 1.165) is 24.4 Å². The van der Waals surface area contributed by atoms with Crippen molar-refractivity contribution < 1.29 is 4.79 Å². The monoisotopic (exact) mass is 478 g/mol. The van der Waals surface area contributed by atoms with E-state index in [0.29, 0.717) is 15.8 Å². The van der Waals surface area contributed by atoms with Gasteiger partial charge in [0.2, 0.25) is 0 Å². The van der Waals surface area contributed by atoms with E-state index in [4.69, 9.17) is 12.2 Å². The van der Waals surface area contributed by atoms with Crippen LogP contribution in [-0.2, 0) is 4.79 Å². The minimum absolute atomic E-state index is 0.0240. The molecule has 32 heavy (non-hydrogen) atoms. The summed E-state index contributed by atoms with van der Waals surface area (Å²) in [5.41, 5.74) is 3.60. The van der Waals surface area contributed by atoms with Crippen LogP contribution in [0.25, 0.3) is 10.6 Å². The lowest BCUT2D eigenvalue weighted by molar-refractivity contribution is -0.122. The highest BCUT2D eigenvalue weighted by Crippen LogP contribution is 2.50. The van der Waals surface area contributed by atoms with Crippen molar-refractivity contribution in [2.45, 2.75) is 26.7 Å². The van der Waals surface area contributed by atoms with E-state index in [9.17, 15) is 4.79 Å². The predicted octanol–water partition coefficient (Wildman–Crippen LogP) is 6.97. The highest BCUT2D eigenvalue weighted by molar-refractivity contribution is 8.26. The number of thiocarbonyl (C=S) groups is 1. The highest BCUT2D eigenvalue weighted by atomic mass is 32.2. The molecule has 3 nitrogen and oxygen atoms in total. The van der Waals surface area contributed by atoms with Crippen LogP contribution in [0.1, 0.15) is 37.8 Å². The van der Waals surface area contributed by atoms with Crippen LogP contribution >= 0.6 is 35.7 Å². The van der Waals surface area contributed by atoms with Crippen LogP contribution in [0.4, 0.5) is 0 Å². The summed E-state index contributed by atoms with van der Waals surface area (Å²) in [5, 5.41) is 1.11. The Kier molecular flexibility index (Phi) is 7.55. The van der Waals surface area contributed by atoms with Crippen molar-refractivity contribution in [3.05, 3.63) is 93.9 Å². The van der Waals surface area contributed by atoms with E-state index < -0.39 is 0 Å². The molecule has 0 atom stereocenters. The summed E-state index contributed by atoms with van der Waals surface area (Å²) in [7, 11) is 0. The SMILES string of the molecule is CCCCN1C(=O)C(=CC=C2SC(c3ccccc3)=C(c3ccccc3)N2CC)SC1=S. The quantitative estimate of drug-likeness (QED) is 0.316. The molecule has 0 aromatic heterocycles. The van der Waals surface area contributed by atoms with Gasteiger partial charge < -0.3 is 4.90 Å². The summed E-state index contributed by atoms with van der Waals surface area (Å²) in [5.74, 6) is 0.0240. The number of carbonyl (C=O) groups excluding carboxylic acids is 1. The van der Waals surface area contributed by atoms with E-state index >= 15 is 0 Å². The van der Waals surface area contributed by atoms with E-state index in [1.165, 1.54) is 33.5 Å². The Labute approximate surface area is 204 Å². The van der Waals surface area contributed by atoms with E-state index in [-0.39, 0.29) is 5.91 Å².